The van der Waals surface area contributed by atoms with Gasteiger partial charge in [0.25, 0.3) is 5.56 Å². The van der Waals surface area contributed by atoms with Crippen LogP contribution in [0.3, 0.4) is 0 Å². The molecule has 1 aliphatic rings. The van der Waals surface area contributed by atoms with Gasteiger partial charge in [0.15, 0.2) is 0 Å². The fraction of sp³-hybridized carbons (Fsp3) is 0.412. The van der Waals surface area contributed by atoms with Gasteiger partial charge in [0.1, 0.15) is 0 Å². The largest absolute Gasteiger partial charge is 0.297 e. The van der Waals surface area contributed by atoms with Crippen molar-refractivity contribution < 1.29 is 8.42 Å². The number of hydrogen-bond acceptors (Lipinski definition) is 5. The van der Waals surface area contributed by atoms with Crippen LogP contribution in [0, 0.1) is 0 Å². The van der Waals surface area contributed by atoms with E-state index in [4.69, 9.17) is 0 Å². The van der Waals surface area contributed by atoms with Gasteiger partial charge in [-0.05, 0) is 17.5 Å². The Kier molecular flexibility index (Phi) is 4.56. The lowest BCUT2D eigenvalue weighted by Crippen LogP contribution is -2.36. The topological polar surface area (TPSA) is 83.1 Å². The van der Waals surface area contributed by atoms with Crippen LogP contribution in [0.4, 0.5) is 0 Å². The summed E-state index contributed by atoms with van der Waals surface area (Å²) >= 11 is 0. The van der Waals surface area contributed by atoms with E-state index >= 15 is 0 Å². The summed E-state index contributed by atoms with van der Waals surface area (Å²) in [7, 11) is -3.51. The summed E-state index contributed by atoms with van der Waals surface area (Å²) < 4.78 is 23.2. The van der Waals surface area contributed by atoms with E-state index in [9.17, 15) is 13.2 Å². The van der Waals surface area contributed by atoms with E-state index in [1.807, 2.05) is 12.1 Å². The van der Waals surface area contributed by atoms with Crippen LogP contribution in [0.1, 0.15) is 29.3 Å². The van der Waals surface area contributed by atoms with Crippen molar-refractivity contribution in [3.05, 3.63) is 57.0 Å². The highest BCUT2D eigenvalue weighted by Gasteiger charge is 2.23. The summed E-state index contributed by atoms with van der Waals surface area (Å²) in [4.78, 5) is 21.0. The number of nitrogens with one attached hydrogen (secondary N) is 1. The molecular formula is C17H21N3O3S. The van der Waals surface area contributed by atoms with Crippen molar-refractivity contribution >= 4 is 9.84 Å². The Labute approximate surface area is 141 Å². The van der Waals surface area contributed by atoms with Crippen LogP contribution < -0.4 is 5.56 Å². The first-order valence-electron chi connectivity index (χ1n) is 7.99. The maximum Gasteiger partial charge on any atom is 0.256 e. The van der Waals surface area contributed by atoms with Gasteiger partial charge in [-0.25, -0.2) is 13.4 Å². The molecule has 0 saturated carbocycles. The smallest absolute Gasteiger partial charge is 0.256 e. The first-order valence-corrected chi connectivity index (χ1v) is 9.89. The van der Waals surface area contributed by atoms with Gasteiger partial charge in [-0.1, -0.05) is 31.2 Å². The zero-order valence-electron chi connectivity index (χ0n) is 13.9. The second-order valence-corrected chi connectivity index (χ2v) is 8.08. The van der Waals surface area contributed by atoms with Crippen LogP contribution in [-0.2, 0) is 35.8 Å². The normalized spacial score (nSPS) is 15.2. The fourth-order valence-electron chi connectivity index (χ4n) is 3.07. The van der Waals surface area contributed by atoms with Crippen molar-refractivity contribution in [3.63, 3.8) is 0 Å². The number of nitrogens with zero attached hydrogens (tertiary/aromatic N) is 2. The lowest BCUT2D eigenvalue weighted by Gasteiger charge is -2.28. The summed E-state index contributed by atoms with van der Waals surface area (Å²) in [6, 6.07) is 8.30. The predicted molar refractivity (Wildman–Crippen MR) is 91.6 cm³/mol. The summed E-state index contributed by atoms with van der Waals surface area (Å²) in [6.07, 6.45) is 2.60. The zero-order valence-corrected chi connectivity index (χ0v) is 14.7. The second-order valence-electron chi connectivity index (χ2n) is 6.15. The highest BCUT2D eigenvalue weighted by Crippen LogP contribution is 2.19. The van der Waals surface area contributed by atoms with Crippen LogP contribution in [0.15, 0.2) is 34.2 Å². The Morgan fingerprint density at radius 3 is 2.62 bits per heavy atom. The minimum Gasteiger partial charge on any atom is -0.297 e. The van der Waals surface area contributed by atoms with Gasteiger partial charge in [0.05, 0.1) is 11.3 Å². The average Bonchev–Trinajstić information content (AvgIpc) is 2.55. The highest BCUT2D eigenvalue weighted by atomic mass is 32.2. The second kappa shape index (κ2) is 6.49. The molecule has 0 fully saturated rings. The molecule has 1 aliphatic heterocycles. The molecule has 2 aromatic rings. The zero-order chi connectivity index (χ0) is 17.3. The monoisotopic (exact) mass is 347 g/mol. The number of aromatic nitrogens is 2. The molecule has 0 aliphatic carbocycles. The van der Waals surface area contributed by atoms with Crippen molar-refractivity contribution in [3.8, 4) is 0 Å². The number of rotatable bonds is 4. The minimum atomic E-state index is -3.51. The summed E-state index contributed by atoms with van der Waals surface area (Å²) in [5.41, 5.74) is 3.39. The van der Waals surface area contributed by atoms with Crippen LogP contribution >= 0.6 is 0 Å². The Balaban J connectivity index is 1.86. The van der Waals surface area contributed by atoms with Crippen LogP contribution in [-0.4, -0.2) is 36.1 Å². The molecule has 0 amide bonds. The molecule has 2 heterocycles. The number of aryl methyl sites for hydroxylation is 1. The Hall–Kier alpha value is -1.99. The molecule has 128 valence electrons. The first kappa shape index (κ1) is 16.9. The van der Waals surface area contributed by atoms with Gasteiger partial charge >= 0.3 is 0 Å². The first-order chi connectivity index (χ1) is 11.4. The molecule has 1 aromatic carbocycles. The summed E-state index contributed by atoms with van der Waals surface area (Å²) in [5, 5.41) is -0.240. The van der Waals surface area contributed by atoms with Crippen molar-refractivity contribution in [2.75, 3.05) is 12.8 Å². The van der Waals surface area contributed by atoms with Crippen molar-refractivity contribution in [2.24, 2.45) is 0 Å². The van der Waals surface area contributed by atoms with E-state index < -0.39 is 9.84 Å². The van der Waals surface area contributed by atoms with Crippen LogP contribution in [0.25, 0.3) is 0 Å². The highest BCUT2D eigenvalue weighted by molar-refractivity contribution is 7.90. The molecule has 0 saturated heterocycles. The maximum absolute atomic E-state index is 12.3. The third-order valence-electron chi connectivity index (χ3n) is 4.37. The van der Waals surface area contributed by atoms with Gasteiger partial charge in [-0.2, -0.15) is 0 Å². The molecule has 0 bridgehead atoms. The standard InChI is InChI=1S/C17H21N3O3S/c1-3-12-6-4-5-7-13(12)10-20-9-8-15-14(11-20)16(21)19-17(18-15)24(2,22)23/h4-7H,3,8-11H2,1-2H3,(H,18,19,21). The van der Waals surface area contributed by atoms with E-state index in [1.165, 1.54) is 11.1 Å². The fourth-order valence-corrected chi connectivity index (χ4v) is 3.62. The molecule has 0 atom stereocenters. The number of fused-ring (bicyclic) bond motifs is 1. The van der Waals surface area contributed by atoms with Crippen molar-refractivity contribution in [1.82, 2.24) is 14.9 Å². The number of sulfone groups is 1. The Morgan fingerprint density at radius 2 is 1.96 bits per heavy atom. The van der Waals surface area contributed by atoms with Crippen LogP contribution in [0.5, 0.6) is 0 Å². The van der Waals surface area contributed by atoms with Gasteiger partial charge < -0.3 is 0 Å². The van der Waals surface area contributed by atoms with E-state index in [0.29, 0.717) is 24.2 Å². The summed E-state index contributed by atoms with van der Waals surface area (Å²) in [6.45, 7) is 4.15. The van der Waals surface area contributed by atoms with Gasteiger partial charge in [0, 0.05) is 32.3 Å². The van der Waals surface area contributed by atoms with Gasteiger partial charge in [0.2, 0.25) is 15.0 Å². The number of H-pyrrole nitrogens is 1. The van der Waals surface area contributed by atoms with E-state index in [2.05, 4.69) is 33.9 Å². The third kappa shape index (κ3) is 3.42. The Morgan fingerprint density at radius 1 is 1.25 bits per heavy atom. The third-order valence-corrected chi connectivity index (χ3v) is 5.27. The summed E-state index contributed by atoms with van der Waals surface area (Å²) in [5.74, 6) is 0. The number of benzene rings is 1. The average molecular weight is 347 g/mol. The lowest BCUT2D eigenvalue weighted by atomic mass is 10.0. The Bertz CT molecular complexity index is 919. The molecule has 7 heteroatoms. The number of hydrogen-bond donors (Lipinski definition) is 1. The van der Waals surface area contributed by atoms with Gasteiger partial charge in [-0.15, -0.1) is 0 Å². The van der Waals surface area contributed by atoms with Crippen LogP contribution in [0.2, 0.25) is 0 Å². The van der Waals surface area contributed by atoms with E-state index in [0.717, 1.165) is 25.8 Å². The predicted octanol–water partition coefficient (Wildman–Crippen LogP) is 1.29. The minimum absolute atomic E-state index is 0.240. The SMILES string of the molecule is CCc1ccccc1CN1CCc2nc(S(C)(=O)=O)[nH]c(=O)c2C1. The quantitative estimate of drug-likeness (QED) is 0.843. The van der Waals surface area contributed by atoms with Crippen molar-refractivity contribution in [2.45, 2.75) is 38.0 Å². The molecule has 1 aromatic heterocycles. The lowest BCUT2D eigenvalue weighted by molar-refractivity contribution is 0.240. The molecule has 0 spiro atoms. The van der Waals surface area contributed by atoms with E-state index in [-0.39, 0.29) is 10.7 Å². The van der Waals surface area contributed by atoms with E-state index in [1.54, 1.807) is 0 Å². The molecule has 3 rings (SSSR count). The molecule has 1 N–H and O–H groups in total. The molecule has 6 nitrogen and oxygen atoms in total. The molecule has 0 unspecified atom stereocenters. The molecular weight excluding hydrogens is 326 g/mol. The maximum atomic E-state index is 12.3. The van der Waals surface area contributed by atoms with Gasteiger partial charge in [-0.3, -0.25) is 14.7 Å². The van der Waals surface area contributed by atoms with Crippen molar-refractivity contribution in [1.29, 1.82) is 0 Å². The molecule has 0 radical (unpaired) electrons. The number of aromatic amines is 1. The molecule has 24 heavy (non-hydrogen) atoms.